The van der Waals surface area contributed by atoms with Crippen molar-refractivity contribution < 1.29 is 14.3 Å². The first kappa shape index (κ1) is 18.5. The highest BCUT2D eigenvalue weighted by Crippen LogP contribution is 2.22. The molecule has 0 saturated carbocycles. The second-order valence-corrected chi connectivity index (χ2v) is 5.72. The Hall–Kier alpha value is -1.55. The first-order chi connectivity index (χ1) is 10.6. The van der Waals surface area contributed by atoms with Gasteiger partial charge in [0, 0.05) is 12.8 Å². The van der Waals surface area contributed by atoms with E-state index < -0.39 is 5.60 Å². The molecule has 0 saturated heterocycles. The number of nitrogens with one attached hydrogen (secondary N) is 1. The number of unbranched alkanes of at least 4 members (excludes halogenated alkanes) is 2. The van der Waals surface area contributed by atoms with Crippen LogP contribution in [0.4, 0.5) is 5.69 Å². The second kappa shape index (κ2) is 9.46. The van der Waals surface area contributed by atoms with Gasteiger partial charge in [0.25, 0.3) is 5.91 Å². The number of benzene rings is 1. The molecule has 0 aromatic heterocycles. The van der Waals surface area contributed by atoms with Crippen LogP contribution >= 0.6 is 0 Å². The number of hydrogen-bond donors (Lipinski definition) is 1. The van der Waals surface area contributed by atoms with Gasteiger partial charge in [-0.15, -0.1) is 0 Å². The molecular weight excluding hydrogens is 278 g/mol. The minimum atomic E-state index is -0.785. The summed E-state index contributed by atoms with van der Waals surface area (Å²) in [5.41, 5.74) is -0.0284. The highest BCUT2D eigenvalue weighted by Gasteiger charge is 2.32. The molecule has 1 aromatic rings. The maximum atomic E-state index is 12.4. The molecule has 1 N–H and O–H groups in total. The van der Waals surface area contributed by atoms with E-state index in [1.54, 1.807) is 7.11 Å². The quantitative estimate of drug-likeness (QED) is 0.652. The SMILES string of the molecule is CCCCOc1ccc(NC(=O)[C@@](C)(CCCC)OC)cc1. The molecule has 1 amide bonds. The topological polar surface area (TPSA) is 47.6 Å². The average molecular weight is 307 g/mol. The molecule has 0 aliphatic carbocycles. The summed E-state index contributed by atoms with van der Waals surface area (Å²) in [7, 11) is 1.58. The fourth-order valence-corrected chi connectivity index (χ4v) is 2.05. The molecule has 0 unspecified atom stereocenters. The van der Waals surface area contributed by atoms with Crippen LogP contribution in [0, 0.1) is 0 Å². The zero-order valence-corrected chi connectivity index (χ0v) is 14.3. The fraction of sp³-hybridized carbons (Fsp3) is 0.611. The molecule has 0 radical (unpaired) electrons. The van der Waals surface area contributed by atoms with Gasteiger partial charge < -0.3 is 14.8 Å². The predicted molar refractivity (Wildman–Crippen MR) is 90.4 cm³/mol. The van der Waals surface area contributed by atoms with E-state index in [1.165, 1.54) is 0 Å². The van der Waals surface area contributed by atoms with E-state index in [-0.39, 0.29) is 5.91 Å². The van der Waals surface area contributed by atoms with Gasteiger partial charge in [0.1, 0.15) is 11.4 Å². The largest absolute Gasteiger partial charge is 0.494 e. The number of carbonyl (C=O) groups excluding carboxylic acids is 1. The van der Waals surface area contributed by atoms with Gasteiger partial charge in [-0.1, -0.05) is 33.1 Å². The van der Waals surface area contributed by atoms with Gasteiger partial charge in [0.2, 0.25) is 0 Å². The lowest BCUT2D eigenvalue weighted by atomic mass is 9.97. The first-order valence-electron chi connectivity index (χ1n) is 8.15. The molecule has 1 aromatic carbocycles. The van der Waals surface area contributed by atoms with Crippen LogP contribution in [0.3, 0.4) is 0 Å². The Morgan fingerprint density at radius 2 is 1.77 bits per heavy atom. The molecule has 0 heterocycles. The van der Waals surface area contributed by atoms with Crippen molar-refractivity contribution >= 4 is 11.6 Å². The molecule has 0 aliphatic heterocycles. The van der Waals surface area contributed by atoms with Crippen LogP contribution in [-0.4, -0.2) is 25.2 Å². The van der Waals surface area contributed by atoms with Crippen molar-refractivity contribution in [3.05, 3.63) is 24.3 Å². The highest BCUT2D eigenvalue weighted by atomic mass is 16.5. The smallest absolute Gasteiger partial charge is 0.256 e. The van der Waals surface area contributed by atoms with Crippen molar-refractivity contribution in [2.24, 2.45) is 0 Å². The molecule has 22 heavy (non-hydrogen) atoms. The lowest BCUT2D eigenvalue weighted by Gasteiger charge is -2.26. The number of ether oxygens (including phenoxy) is 2. The molecule has 4 heteroatoms. The first-order valence-corrected chi connectivity index (χ1v) is 8.15. The monoisotopic (exact) mass is 307 g/mol. The van der Waals surface area contributed by atoms with Crippen molar-refractivity contribution in [3.8, 4) is 5.75 Å². The van der Waals surface area contributed by atoms with Crippen LogP contribution in [-0.2, 0) is 9.53 Å². The van der Waals surface area contributed by atoms with Crippen molar-refractivity contribution in [2.45, 2.75) is 58.5 Å². The summed E-state index contributed by atoms with van der Waals surface area (Å²) in [6, 6.07) is 7.47. The number of rotatable bonds is 10. The lowest BCUT2D eigenvalue weighted by molar-refractivity contribution is -0.136. The molecule has 0 spiro atoms. The summed E-state index contributed by atoms with van der Waals surface area (Å²) in [5, 5.41) is 2.92. The summed E-state index contributed by atoms with van der Waals surface area (Å²) in [5.74, 6) is 0.718. The number of methoxy groups -OCH3 is 1. The second-order valence-electron chi connectivity index (χ2n) is 5.72. The predicted octanol–water partition coefficient (Wildman–Crippen LogP) is 4.40. The Kier molecular flexibility index (Phi) is 7.96. The standard InChI is InChI=1S/C18H29NO3/c1-5-7-13-18(3,21-4)17(20)19-15-9-11-16(12-10-15)22-14-8-6-2/h9-12H,5-8,13-14H2,1-4H3,(H,19,20)/t18-/m1/s1. The maximum absolute atomic E-state index is 12.4. The van der Waals surface area contributed by atoms with Crippen molar-refractivity contribution in [1.29, 1.82) is 0 Å². The van der Waals surface area contributed by atoms with Crippen molar-refractivity contribution in [3.63, 3.8) is 0 Å². The summed E-state index contributed by atoms with van der Waals surface area (Å²) in [6.07, 6.45) is 4.87. The van der Waals surface area contributed by atoms with Gasteiger partial charge >= 0.3 is 0 Å². The molecule has 124 valence electrons. The summed E-state index contributed by atoms with van der Waals surface area (Å²) < 4.78 is 11.0. The number of amides is 1. The van der Waals surface area contributed by atoms with E-state index in [2.05, 4.69) is 19.2 Å². The van der Waals surface area contributed by atoms with E-state index in [0.29, 0.717) is 6.42 Å². The van der Waals surface area contributed by atoms with Crippen molar-refractivity contribution in [2.75, 3.05) is 19.0 Å². The number of carbonyl (C=O) groups is 1. The van der Waals surface area contributed by atoms with Gasteiger partial charge in [-0.25, -0.2) is 0 Å². The maximum Gasteiger partial charge on any atom is 0.256 e. The van der Waals surface area contributed by atoms with E-state index in [4.69, 9.17) is 9.47 Å². The molecule has 0 aliphatic rings. The molecule has 0 fully saturated rings. The third kappa shape index (κ3) is 5.68. The third-order valence-electron chi connectivity index (χ3n) is 3.82. The van der Waals surface area contributed by atoms with Gasteiger partial charge in [-0.3, -0.25) is 4.79 Å². The van der Waals surface area contributed by atoms with Crippen molar-refractivity contribution in [1.82, 2.24) is 0 Å². The Morgan fingerprint density at radius 3 is 2.32 bits per heavy atom. The van der Waals surface area contributed by atoms with Gasteiger partial charge in [-0.2, -0.15) is 0 Å². The van der Waals surface area contributed by atoms with Gasteiger partial charge in [0.15, 0.2) is 0 Å². The number of hydrogen-bond acceptors (Lipinski definition) is 3. The summed E-state index contributed by atoms with van der Waals surface area (Å²) in [6.45, 7) is 6.79. The molecular formula is C18H29NO3. The molecule has 1 rings (SSSR count). The Bertz CT molecular complexity index is 444. The van der Waals surface area contributed by atoms with E-state index >= 15 is 0 Å². The summed E-state index contributed by atoms with van der Waals surface area (Å²) >= 11 is 0. The minimum Gasteiger partial charge on any atom is -0.494 e. The van der Waals surface area contributed by atoms with Crippen LogP contribution < -0.4 is 10.1 Å². The van der Waals surface area contributed by atoms with Crippen LogP contribution in [0.25, 0.3) is 0 Å². The van der Waals surface area contributed by atoms with Gasteiger partial charge in [0.05, 0.1) is 6.61 Å². The summed E-state index contributed by atoms with van der Waals surface area (Å²) in [4.78, 5) is 12.4. The van der Waals surface area contributed by atoms with Gasteiger partial charge in [-0.05, 0) is 44.0 Å². The Morgan fingerprint density at radius 1 is 1.14 bits per heavy atom. The molecule has 4 nitrogen and oxygen atoms in total. The van der Waals surface area contributed by atoms with Crippen LogP contribution in [0.1, 0.15) is 52.9 Å². The Labute approximate surface area is 134 Å². The van der Waals surface area contributed by atoms with E-state index in [1.807, 2.05) is 31.2 Å². The van der Waals surface area contributed by atoms with E-state index in [9.17, 15) is 4.79 Å². The zero-order chi connectivity index (χ0) is 16.4. The van der Waals surface area contributed by atoms with E-state index in [0.717, 1.165) is 43.7 Å². The average Bonchev–Trinajstić information content (AvgIpc) is 2.54. The lowest BCUT2D eigenvalue weighted by Crippen LogP contribution is -2.41. The third-order valence-corrected chi connectivity index (χ3v) is 3.82. The van der Waals surface area contributed by atoms with Crippen LogP contribution in [0.2, 0.25) is 0 Å². The fourth-order valence-electron chi connectivity index (χ4n) is 2.05. The molecule has 0 bridgehead atoms. The molecule has 1 atom stereocenters. The Balaban J connectivity index is 2.59. The highest BCUT2D eigenvalue weighted by molar-refractivity contribution is 5.97. The van der Waals surface area contributed by atoms with Crippen LogP contribution in [0.15, 0.2) is 24.3 Å². The van der Waals surface area contributed by atoms with Crippen LogP contribution in [0.5, 0.6) is 5.75 Å². The normalized spacial score (nSPS) is 13.5. The minimum absolute atomic E-state index is 0.108. The zero-order valence-electron chi connectivity index (χ0n) is 14.3. The number of anilines is 1.